The van der Waals surface area contributed by atoms with Crippen molar-refractivity contribution >= 4 is 11.1 Å². The van der Waals surface area contributed by atoms with Crippen LogP contribution in [-0.2, 0) is 11.1 Å². The topological polar surface area (TPSA) is 37.3 Å². The van der Waals surface area contributed by atoms with Gasteiger partial charge in [-0.25, -0.2) is 4.21 Å². The molecule has 0 aromatic heterocycles. The zero-order valence-corrected chi connectivity index (χ0v) is 13.5. The monoisotopic (exact) mass is 282 g/mol. The predicted molar refractivity (Wildman–Crippen MR) is 85.6 cm³/mol. The minimum Gasteiger partial charge on any atom is -0.306 e. The Kier molecular flexibility index (Phi) is 9.44. The number of hydrogen-bond acceptors (Lipinski definition) is 1. The summed E-state index contributed by atoms with van der Waals surface area (Å²) in [5, 5.41) is 0. The van der Waals surface area contributed by atoms with Crippen molar-refractivity contribution in [2.24, 2.45) is 0 Å². The van der Waals surface area contributed by atoms with Crippen molar-refractivity contribution in [1.82, 2.24) is 0 Å². The maximum absolute atomic E-state index is 10.6. The molecule has 0 aromatic rings. The highest BCUT2D eigenvalue weighted by Crippen LogP contribution is 2.11. The van der Waals surface area contributed by atoms with Gasteiger partial charge in [0.25, 0.3) is 0 Å². The average Bonchev–Trinajstić information content (AvgIpc) is 2.25. The van der Waals surface area contributed by atoms with E-state index >= 15 is 0 Å². The second-order valence-electron chi connectivity index (χ2n) is 5.14. The van der Waals surface area contributed by atoms with Crippen molar-refractivity contribution in [2.45, 2.75) is 47.5 Å². The van der Waals surface area contributed by atoms with Crippen LogP contribution in [-0.4, -0.2) is 14.5 Å². The molecule has 0 aromatic carbocycles. The van der Waals surface area contributed by atoms with Crippen molar-refractivity contribution in [3.05, 3.63) is 46.6 Å². The first-order chi connectivity index (χ1) is 8.81. The van der Waals surface area contributed by atoms with Crippen LogP contribution in [0.5, 0.6) is 0 Å². The lowest BCUT2D eigenvalue weighted by Gasteiger charge is -2.01. The summed E-state index contributed by atoms with van der Waals surface area (Å²) in [6.07, 6.45) is 10.4. The molecule has 3 heteroatoms. The van der Waals surface area contributed by atoms with Gasteiger partial charge in [0.1, 0.15) is 0 Å². The van der Waals surface area contributed by atoms with Crippen LogP contribution in [0.1, 0.15) is 47.5 Å². The van der Waals surface area contributed by atoms with E-state index in [1.165, 1.54) is 16.7 Å². The molecule has 1 atom stereocenters. The number of rotatable bonds is 7. The van der Waals surface area contributed by atoms with Crippen LogP contribution in [0, 0.1) is 0 Å². The van der Waals surface area contributed by atoms with Gasteiger partial charge >= 0.3 is 0 Å². The molecule has 0 saturated carbocycles. The lowest BCUT2D eigenvalue weighted by Crippen LogP contribution is -1.90. The largest absolute Gasteiger partial charge is 0.306 e. The fourth-order valence-corrected chi connectivity index (χ4v) is 2.12. The molecule has 0 rings (SSSR count). The van der Waals surface area contributed by atoms with Crippen molar-refractivity contribution < 1.29 is 8.76 Å². The molecule has 0 spiro atoms. The van der Waals surface area contributed by atoms with E-state index in [1.54, 1.807) is 6.08 Å². The third kappa shape index (κ3) is 11.9. The maximum atomic E-state index is 10.6. The Hall–Kier alpha value is -0.930. The summed E-state index contributed by atoms with van der Waals surface area (Å²) in [4.78, 5) is 0. The summed E-state index contributed by atoms with van der Waals surface area (Å²) in [6, 6.07) is 0. The molecular formula is C16H26O2S. The smallest absolute Gasteiger partial charge is 0.156 e. The Morgan fingerprint density at radius 1 is 1.00 bits per heavy atom. The maximum Gasteiger partial charge on any atom is 0.156 e. The van der Waals surface area contributed by atoms with E-state index in [0.29, 0.717) is 0 Å². The van der Waals surface area contributed by atoms with Crippen LogP contribution < -0.4 is 0 Å². The summed E-state index contributed by atoms with van der Waals surface area (Å²) < 4.78 is 19.3. The third-order valence-electron chi connectivity index (χ3n) is 2.57. The first-order valence-corrected chi connectivity index (χ1v) is 7.82. The van der Waals surface area contributed by atoms with Crippen LogP contribution in [0.25, 0.3) is 0 Å². The Morgan fingerprint density at radius 3 is 2.16 bits per heavy atom. The van der Waals surface area contributed by atoms with Crippen LogP contribution in [0.15, 0.2) is 46.6 Å². The predicted octanol–water partition coefficient (Wildman–Crippen LogP) is 4.79. The lowest BCUT2D eigenvalue weighted by molar-refractivity contribution is 0.567. The van der Waals surface area contributed by atoms with Gasteiger partial charge in [-0.2, -0.15) is 0 Å². The molecule has 0 radical (unpaired) electrons. The molecule has 0 bridgehead atoms. The van der Waals surface area contributed by atoms with Gasteiger partial charge in [0.15, 0.2) is 11.1 Å². The van der Waals surface area contributed by atoms with Crippen molar-refractivity contribution in [1.29, 1.82) is 0 Å². The second-order valence-corrected chi connectivity index (χ2v) is 6.11. The highest BCUT2D eigenvalue weighted by atomic mass is 32.2. The zero-order valence-electron chi connectivity index (χ0n) is 12.7. The second kappa shape index (κ2) is 9.93. The molecule has 0 aliphatic rings. The van der Waals surface area contributed by atoms with Gasteiger partial charge in [-0.3, -0.25) is 0 Å². The Labute approximate surface area is 120 Å². The number of hydrogen-bond donors (Lipinski definition) is 1. The normalized spacial score (nSPS) is 15.4. The van der Waals surface area contributed by atoms with Crippen LogP contribution in [0.4, 0.5) is 0 Å². The van der Waals surface area contributed by atoms with E-state index in [2.05, 4.69) is 39.8 Å². The van der Waals surface area contributed by atoms with Crippen molar-refractivity contribution in [3.8, 4) is 0 Å². The molecule has 0 saturated heterocycles. The standard InChI is InChI=1S/C16H26O2S/c1-13(2)7-6-8-14(3)11-16(5)12-15(4)9-10-19(17)18/h7,9,11-12H,6,8,10H2,1-5H3,(H,17,18). The van der Waals surface area contributed by atoms with Crippen molar-refractivity contribution in [2.75, 3.05) is 5.75 Å². The molecule has 0 amide bonds. The van der Waals surface area contributed by atoms with Gasteiger partial charge in [0, 0.05) is 0 Å². The molecular weight excluding hydrogens is 256 g/mol. The summed E-state index contributed by atoms with van der Waals surface area (Å²) in [5.74, 6) is 0.193. The Balaban J connectivity index is 4.47. The van der Waals surface area contributed by atoms with E-state index in [4.69, 9.17) is 4.55 Å². The fourth-order valence-electron chi connectivity index (χ4n) is 1.71. The molecule has 1 N–H and O–H groups in total. The van der Waals surface area contributed by atoms with Gasteiger partial charge in [-0.05, 0) is 47.5 Å². The molecule has 2 nitrogen and oxygen atoms in total. The number of allylic oxidation sites excluding steroid dienone is 7. The van der Waals surface area contributed by atoms with Crippen LogP contribution in [0.3, 0.4) is 0 Å². The third-order valence-corrected chi connectivity index (χ3v) is 3.02. The summed E-state index contributed by atoms with van der Waals surface area (Å²) in [6.45, 7) is 10.4. The van der Waals surface area contributed by atoms with E-state index in [0.717, 1.165) is 18.4 Å². The van der Waals surface area contributed by atoms with Crippen LogP contribution in [0.2, 0.25) is 0 Å². The molecule has 0 aliphatic carbocycles. The van der Waals surface area contributed by atoms with E-state index < -0.39 is 11.1 Å². The van der Waals surface area contributed by atoms with Crippen LogP contribution >= 0.6 is 0 Å². The summed E-state index contributed by atoms with van der Waals surface area (Å²) in [7, 11) is 0. The summed E-state index contributed by atoms with van der Waals surface area (Å²) >= 11 is -1.75. The molecule has 19 heavy (non-hydrogen) atoms. The first-order valence-electron chi connectivity index (χ1n) is 6.54. The van der Waals surface area contributed by atoms with Gasteiger partial charge in [0.05, 0.1) is 5.75 Å². The molecule has 0 heterocycles. The first kappa shape index (κ1) is 18.1. The van der Waals surface area contributed by atoms with Gasteiger partial charge in [0.2, 0.25) is 0 Å². The van der Waals surface area contributed by atoms with E-state index in [9.17, 15) is 4.21 Å². The molecule has 0 aliphatic heterocycles. The van der Waals surface area contributed by atoms with Crippen molar-refractivity contribution in [3.63, 3.8) is 0 Å². The Morgan fingerprint density at radius 2 is 1.63 bits per heavy atom. The SMILES string of the molecule is CC(C)=CCCC(C)=CC(C)=CC(C)=CCS(=O)O. The minimum atomic E-state index is -1.75. The minimum absolute atomic E-state index is 0.193. The van der Waals surface area contributed by atoms with Gasteiger partial charge in [-0.15, -0.1) is 0 Å². The fraction of sp³-hybridized carbons (Fsp3) is 0.500. The highest BCUT2D eigenvalue weighted by Gasteiger charge is 1.93. The lowest BCUT2D eigenvalue weighted by atomic mass is 10.1. The Bertz CT molecular complexity index is 422. The van der Waals surface area contributed by atoms with Gasteiger partial charge in [-0.1, -0.05) is 46.6 Å². The quantitative estimate of drug-likeness (QED) is 0.414. The molecule has 0 fully saturated rings. The van der Waals surface area contributed by atoms with E-state index in [1.807, 2.05) is 13.0 Å². The van der Waals surface area contributed by atoms with Gasteiger partial charge < -0.3 is 4.55 Å². The highest BCUT2D eigenvalue weighted by molar-refractivity contribution is 7.79. The van der Waals surface area contributed by atoms with E-state index in [-0.39, 0.29) is 5.75 Å². The summed E-state index contributed by atoms with van der Waals surface area (Å²) in [5.41, 5.74) is 4.90. The average molecular weight is 282 g/mol. The molecule has 1 unspecified atom stereocenters. The zero-order chi connectivity index (χ0) is 14.8. The molecule has 108 valence electrons.